The van der Waals surface area contributed by atoms with Crippen molar-refractivity contribution in [3.8, 4) is 11.8 Å². The van der Waals surface area contributed by atoms with Gasteiger partial charge in [-0.3, -0.25) is 0 Å². The molecule has 4 nitrogen and oxygen atoms in total. The van der Waals surface area contributed by atoms with Gasteiger partial charge in [-0.05, 0) is 39.7 Å². The van der Waals surface area contributed by atoms with E-state index >= 15 is 0 Å². The molecule has 4 heteroatoms. The van der Waals surface area contributed by atoms with Gasteiger partial charge in [0, 0.05) is 24.2 Å². The van der Waals surface area contributed by atoms with Crippen LogP contribution in [0.4, 0.5) is 0 Å². The number of allylic oxidation sites excluding steroid dienone is 1. The molecule has 0 amide bonds. The lowest BCUT2D eigenvalue weighted by Crippen LogP contribution is -2.43. The Morgan fingerprint density at radius 3 is 2.55 bits per heavy atom. The van der Waals surface area contributed by atoms with E-state index in [9.17, 15) is 0 Å². The highest BCUT2D eigenvalue weighted by Gasteiger charge is 2.39. The second kappa shape index (κ2) is 5.44. The lowest BCUT2D eigenvalue weighted by molar-refractivity contribution is 0.0629. The van der Waals surface area contributed by atoms with E-state index in [1.54, 1.807) is 0 Å². The third kappa shape index (κ3) is 2.80. The average molecular weight is 274 g/mol. The molecule has 0 unspecified atom stereocenters. The van der Waals surface area contributed by atoms with Crippen molar-refractivity contribution in [2.75, 3.05) is 7.05 Å². The number of fused-ring (bicyclic) bond motifs is 2. The summed E-state index contributed by atoms with van der Waals surface area (Å²) in [6, 6.07) is 6.97. The second-order valence-corrected chi connectivity index (χ2v) is 5.88. The van der Waals surface area contributed by atoms with Crippen molar-refractivity contribution in [3.63, 3.8) is 0 Å². The van der Waals surface area contributed by atoms with Crippen LogP contribution in [-0.2, 0) is 0 Å². The fourth-order valence-corrected chi connectivity index (χ4v) is 3.33. The number of rotatable bonds is 4. The largest absolute Gasteiger partial charge is 0.474 e. The van der Waals surface area contributed by atoms with Crippen LogP contribution < -0.4 is 9.47 Å². The molecule has 3 rings (SSSR count). The van der Waals surface area contributed by atoms with Gasteiger partial charge in [0.25, 0.3) is 0 Å². The van der Waals surface area contributed by atoms with Gasteiger partial charge in [-0.1, -0.05) is 12.6 Å². The zero-order valence-electron chi connectivity index (χ0n) is 12.2. The first kappa shape index (κ1) is 13.4. The summed E-state index contributed by atoms with van der Waals surface area (Å²) in [5.74, 6) is 1.83. The maximum atomic E-state index is 6.06. The zero-order valence-corrected chi connectivity index (χ0v) is 12.2. The van der Waals surface area contributed by atoms with Crippen molar-refractivity contribution in [2.24, 2.45) is 0 Å². The number of hydrogen-bond acceptors (Lipinski definition) is 4. The Bertz CT molecular complexity index is 489. The summed E-state index contributed by atoms with van der Waals surface area (Å²) in [7, 11) is 2.23. The fourth-order valence-electron chi connectivity index (χ4n) is 3.33. The van der Waals surface area contributed by atoms with E-state index < -0.39 is 0 Å². The zero-order chi connectivity index (χ0) is 14.1. The third-order valence-corrected chi connectivity index (χ3v) is 4.32. The van der Waals surface area contributed by atoms with Crippen LogP contribution in [0.25, 0.3) is 0 Å². The standard InChI is InChI=1S/C16H22N2O2/c1-11(2)19-15-5-4-6-16(17-15)20-14-9-12-7-8-13(10-14)18(12)3/h4-6,12-14H,1,7-10H2,2-3H3/t12-,13+,14-. The molecule has 0 radical (unpaired) electrons. The Balaban J connectivity index is 1.65. The monoisotopic (exact) mass is 274 g/mol. The Hall–Kier alpha value is -1.55. The summed E-state index contributed by atoms with van der Waals surface area (Å²) in [5, 5.41) is 0. The molecule has 0 spiro atoms. The number of pyridine rings is 1. The molecule has 20 heavy (non-hydrogen) atoms. The Morgan fingerprint density at radius 2 is 1.90 bits per heavy atom. The van der Waals surface area contributed by atoms with Gasteiger partial charge in [0.2, 0.25) is 11.8 Å². The highest BCUT2D eigenvalue weighted by atomic mass is 16.5. The van der Waals surface area contributed by atoms with Gasteiger partial charge >= 0.3 is 0 Å². The van der Waals surface area contributed by atoms with Crippen molar-refractivity contribution in [1.82, 2.24) is 9.88 Å². The van der Waals surface area contributed by atoms with Gasteiger partial charge in [0.05, 0.1) is 5.76 Å². The molecule has 0 aromatic carbocycles. The first-order chi connectivity index (χ1) is 9.61. The predicted molar refractivity (Wildman–Crippen MR) is 77.9 cm³/mol. The average Bonchev–Trinajstić information content (AvgIpc) is 2.61. The van der Waals surface area contributed by atoms with Crippen molar-refractivity contribution in [3.05, 3.63) is 30.5 Å². The predicted octanol–water partition coefficient (Wildman–Crippen LogP) is 3.00. The number of ether oxygens (including phenoxy) is 2. The molecule has 2 aliphatic rings. The molecular formula is C16H22N2O2. The van der Waals surface area contributed by atoms with Gasteiger partial charge in [-0.15, -0.1) is 0 Å². The molecular weight excluding hydrogens is 252 g/mol. The molecule has 2 fully saturated rings. The fraction of sp³-hybridized carbons (Fsp3) is 0.562. The van der Waals surface area contributed by atoms with Crippen LogP contribution in [0.15, 0.2) is 30.5 Å². The van der Waals surface area contributed by atoms with Crippen LogP contribution in [0.5, 0.6) is 11.8 Å². The van der Waals surface area contributed by atoms with Crippen LogP contribution in [0.3, 0.4) is 0 Å². The molecule has 1 aromatic heterocycles. The van der Waals surface area contributed by atoms with Crippen LogP contribution in [-0.4, -0.2) is 35.1 Å². The van der Waals surface area contributed by atoms with E-state index in [4.69, 9.17) is 9.47 Å². The second-order valence-electron chi connectivity index (χ2n) is 5.88. The summed E-state index contributed by atoms with van der Waals surface area (Å²) >= 11 is 0. The van der Waals surface area contributed by atoms with E-state index in [2.05, 4.69) is 23.5 Å². The van der Waals surface area contributed by atoms with Gasteiger partial charge < -0.3 is 14.4 Å². The number of nitrogens with zero attached hydrogens (tertiary/aromatic N) is 2. The summed E-state index contributed by atoms with van der Waals surface area (Å²) in [6.45, 7) is 5.53. The van der Waals surface area contributed by atoms with Gasteiger partial charge in [0.1, 0.15) is 6.10 Å². The molecule has 3 heterocycles. The minimum absolute atomic E-state index is 0.274. The number of aromatic nitrogens is 1. The van der Waals surface area contributed by atoms with E-state index in [1.807, 2.05) is 25.1 Å². The van der Waals surface area contributed by atoms with E-state index in [-0.39, 0.29) is 6.10 Å². The SMILES string of the molecule is C=C(C)Oc1cccc(O[C@@H]2C[C@H]3CC[C@@H](C2)N3C)n1. The lowest BCUT2D eigenvalue weighted by atomic mass is 10.0. The minimum atomic E-state index is 0.274. The van der Waals surface area contributed by atoms with Gasteiger partial charge in [0.15, 0.2) is 0 Å². The molecule has 1 aromatic rings. The minimum Gasteiger partial charge on any atom is -0.474 e. The summed E-state index contributed by atoms with van der Waals surface area (Å²) in [5.41, 5.74) is 0. The molecule has 108 valence electrons. The van der Waals surface area contributed by atoms with E-state index in [1.165, 1.54) is 12.8 Å². The molecule has 2 saturated heterocycles. The topological polar surface area (TPSA) is 34.6 Å². The summed E-state index contributed by atoms with van der Waals surface area (Å²) in [4.78, 5) is 6.89. The van der Waals surface area contributed by atoms with Crippen LogP contribution >= 0.6 is 0 Å². The Labute approximate surface area is 120 Å². The number of hydrogen-bond donors (Lipinski definition) is 0. The van der Waals surface area contributed by atoms with E-state index in [0.29, 0.717) is 29.6 Å². The van der Waals surface area contributed by atoms with Crippen LogP contribution in [0, 0.1) is 0 Å². The highest BCUT2D eigenvalue weighted by molar-refractivity contribution is 5.21. The molecule has 2 bridgehead atoms. The van der Waals surface area contributed by atoms with E-state index in [0.717, 1.165) is 12.8 Å². The maximum Gasteiger partial charge on any atom is 0.221 e. The Kier molecular flexibility index (Phi) is 3.66. The molecule has 0 N–H and O–H groups in total. The smallest absolute Gasteiger partial charge is 0.221 e. The number of piperidine rings is 1. The molecule has 0 saturated carbocycles. The first-order valence-electron chi connectivity index (χ1n) is 7.31. The quantitative estimate of drug-likeness (QED) is 0.791. The van der Waals surface area contributed by atoms with Gasteiger partial charge in [-0.2, -0.15) is 4.98 Å². The van der Waals surface area contributed by atoms with Crippen molar-refractivity contribution >= 4 is 0 Å². The first-order valence-corrected chi connectivity index (χ1v) is 7.31. The van der Waals surface area contributed by atoms with Crippen molar-refractivity contribution in [1.29, 1.82) is 0 Å². The van der Waals surface area contributed by atoms with Crippen LogP contribution in [0.1, 0.15) is 32.6 Å². The van der Waals surface area contributed by atoms with Crippen molar-refractivity contribution in [2.45, 2.75) is 50.8 Å². The van der Waals surface area contributed by atoms with Gasteiger partial charge in [-0.25, -0.2) is 0 Å². The molecule has 3 atom stereocenters. The molecule has 0 aliphatic carbocycles. The summed E-state index contributed by atoms with van der Waals surface area (Å²) in [6.07, 6.45) is 5.07. The lowest BCUT2D eigenvalue weighted by Gasteiger charge is -2.36. The normalized spacial score (nSPS) is 29.2. The van der Waals surface area contributed by atoms with Crippen molar-refractivity contribution < 1.29 is 9.47 Å². The Morgan fingerprint density at radius 1 is 1.25 bits per heavy atom. The highest BCUT2D eigenvalue weighted by Crippen LogP contribution is 2.35. The van der Waals surface area contributed by atoms with Crippen LogP contribution in [0.2, 0.25) is 0 Å². The molecule has 2 aliphatic heterocycles. The maximum absolute atomic E-state index is 6.06. The summed E-state index contributed by atoms with van der Waals surface area (Å²) < 4.78 is 11.5. The third-order valence-electron chi connectivity index (χ3n) is 4.32.